The van der Waals surface area contributed by atoms with Crippen molar-refractivity contribution in [3.8, 4) is 5.75 Å². The molecule has 0 aliphatic heterocycles. The smallest absolute Gasteiger partial charge is 0.329 e. The summed E-state index contributed by atoms with van der Waals surface area (Å²) in [4.78, 5) is 24.7. The lowest BCUT2D eigenvalue weighted by atomic mass is 10.0. The van der Waals surface area contributed by atoms with E-state index in [-0.39, 0.29) is 18.1 Å². The SMILES string of the molecule is CCN(C(=O)Cc1cccc(O)c1)C(C)(C)C(=O)O. The van der Waals surface area contributed by atoms with Gasteiger partial charge in [-0.25, -0.2) is 4.79 Å². The average molecular weight is 265 g/mol. The minimum atomic E-state index is -1.25. The molecule has 0 aromatic heterocycles. The number of hydrogen-bond acceptors (Lipinski definition) is 3. The van der Waals surface area contributed by atoms with Crippen LogP contribution < -0.4 is 0 Å². The van der Waals surface area contributed by atoms with Gasteiger partial charge in [-0.1, -0.05) is 12.1 Å². The van der Waals surface area contributed by atoms with Crippen molar-refractivity contribution in [1.29, 1.82) is 0 Å². The van der Waals surface area contributed by atoms with Crippen LogP contribution in [-0.4, -0.2) is 39.1 Å². The van der Waals surface area contributed by atoms with E-state index in [1.54, 1.807) is 19.1 Å². The lowest BCUT2D eigenvalue weighted by Gasteiger charge is -2.34. The standard InChI is InChI=1S/C14H19NO4/c1-4-15(14(2,3)13(18)19)12(17)9-10-6-5-7-11(16)8-10/h5-8,16H,4,9H2,1-3H3,(H,18,19). The van der Waals surface area contributed by atoms with E-state index in [0.29, 0.717) is 12.1 Å². The highest BCUT2D eigenvalue weighted by Gasteiger charge is 2.36. The number of aromatic hydroxyl groups is 1. The van der Waals surface area contributed by atoms with Gasteiger partial charge in [-0.3, -0.25) is 4.79 Å². The van der Waals surface area contributed by atoms with E-state index in [4.69, 9.17) is 5.11 Å². The van der Waals surface area contributed by atoms with Crippen LogP contribution in [-0.2, 0) is 16.0 Å². The number of carboxylic acid groups (broad SMARTS) is 1. The highest BCUT2D eigenvalue weighted by Crippen LogP contribution is 2.18. The normalized spacial score (nSPS) is 11.1. The average Bonchev–Trinajstić information content (AvgIpc) is 2.29. The maximum Gasteiger partial charge on any atom is 0.329 e. The van der Waals surface area contributed by atoms with E-state index in [1.165, 1.54) is 30.9 Å². The summed E-state index contributed by atoms with van der Waals surface area (Å²) in [5, 5.41) is 18.5. The number of nitrogens with zero attached hydrogens (tertiary/aromatic N) is 1. The maximum atomic E-state index is 12.2. The molecule has 0 radical (unpaired) electrons. The number of phenols is 1. The molecule has 19 heavy (non-hydrogen) atoms. The summed E-state index contributed by atoms with van der Waals surface area (Å²) in [6.07, 6.45) is 0.0684. The van der Waals surface area contributed by atoms with Gasteiger partial charge in [0.1, 0.15) is 11.3 Å². The van der Waals surface area contributed by atoms with Gasteiger partial charge in [0.05, 0.1) is 6.42 Å². The Bertz CT molecular complexity index is 482. The predicted octanol–water partition coefficient (Wildman–Crippen LogP) is 1.65. The molecule has 0 spiro atoms. The number of aliphatic carboxylic acids is 1. The quantitative estimate of drug-likeness (QED) is 0.848. The molecule has 1 amide bonds. The third-order valence-corrected chi connectivity index (χ3v) is 3.08. The first-order chi connectivity index (χ1) is 8.78. The number of carbonyl (C=O) groups is 2. The van der Waals surface area contributed by atoms with Gasteiger partial charge in [-0.2, -0.15) is 0 Å². The van der Waals surface area contributed by atoms with Crippen molar-refractivity contribution < 1.29 is 19.8 Å². The lowest BCUT2D eigenvalue weighted by molar-refractivity contribution is -0.156. The largest absolute Gasteiger partial charge is 0.508 e. The van der Waals surface area contributed by atoms with E-state index in [2.05, 4.69) is 0 Å². The van der Waals surface area contributed by atoms with Crippen molar-refractivity contribution in [2.24, 2.45) is 0 Å². The molecule has 0 heterocycles. The monoisotopic (exact) mass is 265 g/mol. The van der Waals surface area contributed by atoms with Crippen LogP contribution in [0, 0.1) is 0 Å². The Balaban J connectivity index is 2.89. The molecule has 0 aliphatic rings. The Kier molecular flexibility index (Phi) is 4.53. The second kappa shape index (κ2) is 5.73. The molecule has 2 N–H and O–H groups in total. The number of amides is 1. The first kappa shape index (κ1) is 15.0. The molecule has 1 aromatic carbocycles. The van der Waals surface area contributed by atoms with Crippen LogP contribution in [0.1, 0.15) is 26.3 Å². The van der Waals surface area contributed by atoms with E-state index >= 15 is 0 Å². The number of carboxylic acids is 1. The molecule has 5 heteroatoms. The minimum Gasteiger partial charge on any atom is -0.508 e. The second-order valence-corrected chi connectivity index (χ2v) is 4.85. The lowest BCUT2D eigenvalue weighted by Crippen LogP contribution is -2.53. The van der Waals surface area contributed by atoms with Crippen LogP contribution in [0.15, 0.2) is 24.3 Å². The first-order valence-electron chi connectivity index (χ1n) is 6.10. The molecule has 0 fully saturated rings. The molecular weight excluding hydrogens is 246 g/mol. The summed E-state index contributed by atoms with van der Waals surface area (Å²) >= 11 is 0. The van der Waals surface area contributed by atoms with Gasteiger partial charge >= 0.3 is 5.97 Å². The zero-order chi connectivity index (χ0) is 14.6. The second-order valence-electron chi connectivity index (χ2n) is 4.85. The molecule has 0 aliphatic carbocycles. The molecule has 1 rings (SSSR count). The topological polar surface area (TPSA) is 77.8 Å². The van der Waals surface area contributed by atoms with Crippen molar-refractivity contribution >= 4 is 11.9 Å². The highest BCUT2D eigenvalue weighted by atomic mass is 16.4. The molecule has 0 unspecified atom stereocenters. The van der Waals surface area contributed by atoms with Crippen molar-refractivity contribution in [3.05, 3.63) is 29.8 Å². The van der Waals surface area contributed by atoms with Gasteiger partial charge in [-0.15, -0.1) is 0 Å². The van der Waals surface area contributed by atoms with E-state index < -0.39 is 11.5 Å². The first-order valence-corrected chi connectivity index (χ1v) is 6.10. The maximum absolute atomic E-state index is 12.2. The van der Waals surface area contributed by atoms with Crippen LogP contribution in [0.2, 0.25) is 0 Å². The number of carbonyl (C=O) groups excluding carboxylic acids is 1. The van der Waals surface area contributed by atoms with Crippen molar-refractivity contribution in [1.82, 2.24) is 4.90 Å². The zero-order valence-corrected chi connectivity index (χ0v) is 11.4. The number of benzene rings is 1. The molecule has 0 bridgehead atoms. The van der Waals surface area contributed by atoms with Crippen LogP contribution in [0.25, 0.3) is 0 Å². The van der Waals surface area contributed by atoms with Crippen LogP contribution >= 0.6 is 0 Å². The van der Waals surface area contributed by atoms with Crippen molar-refractivity contribution in [2.45, 2.75) is 32.7 Å². The Hall–Kier alpha value is -2.04. The summed E-state index contributed by atoms with van der Waals surface area (Å²) < 4.78 is 0. The van der Waals surface area contributed by atoms with Gasteiger partial charge in [-0.05, 0) is 38.5 Å². The Morgan fingerprint density at radius 2 is 1.95 bits per heavy atom. The zero-order valence-electron chi connectivity index (χ0n) is 11.4. The molecular formula is C14H19NO4. The fraction of sp³-hybridized carbons (Fsp3) is 0.429. The molecule has 104 valence electrons. The van der Waals surface area contributed by atoms with Crippen LogP contribution in [0.4, 0.5) is 0 Å². The summed E-state index contributed by atoms with van der Waals surface area (Å²) in [7, 11) is 0. The highest BCUT2D eigenvalue weighted by molar-refractivity contribution is 5.87. The van der Waals surface area contributed by atoms with Gasteiger partial charge < -0.3 is 15.1 Å². The third kappa shape index (κ3) is 3.47. The summed E-state index contributed by atoms with van der Waals surface area (Å²) in [5.41, 5.74) is -0.590. The molecule has 0 atom stereocenters. The van der Waals surface area contributed by atoms with Gasteiger partial charge in [0, 0.05) is 6.54 Å². The van der Waals surface area contributed by atoms with Gasteiger partial charge in [0.25, 0.3) is 0 Å². The predicted molar refractivity (Wildman–Crippen MR) is 70.9 cm³/mol. The molecule has 0 saturated heterocycles. The Morgan fingerprint density at radius 1 is 1.32 bits per heavy atom. The fourth-order valence-electron chi connectivity index (χ4n) is 1.94. The van der Waals surface area contributed by atoms with Crippen LogP contribution in [0.3, 0.4) is 0 Å². The van der Waals surface area contributed by atoms with Crippen LogP contribution in [0.5, 0.6) is 5.75 Å². The van der Waals surface area contributed by atoms with E-state index in [9.17, 15) is 14.7 Å². The summed E-state index contributed by atoms with van der Waals surface area (Å²) in [6, 6.07) is 6.39. The van der Waals surface area contributed by atoms with Crippen molar-refractivity contribution in [2.75, 3.05) is 6.54 Å². The number of rotatable bonds is 5. The summed E-state index contributed by atoms with van der Waals surface area (Å²) in [6.45, 7) is 5.06. The van der Waals surface area contributed by atoms with Gasteiger partial charge in [0.2, 0.25) is 5.91 Å². The number of likely N-dealkylation sites (N-methyl/N-ethyl adjacent to an activating group) is 1. The minimum absolute atomic E-state index is 0.0684. The van der Waals surface area contributed by atoms with E-state index in [0.717, 1.165) is 0 Å². The number of hydrogen-bond donors (Lipinski definition) is 2. The molecule has 1 aromatic rings. The third-order valence-electron chi connectivity index (χ3n) is 3.08. The Labute approximate surface area is 112 Å². The van der Waals surface area contributed by atoms with E-state index in [1.807, 2.05) is 0 Å². The van der Waals surface area contributed by atoms with Gasteiger partial charge in [0.15, 0.2) is 0 Å². The Morgan fingerprint density at radius 3 is 2.42 bits per heavy atom. The molecule has 0 saturated carbocycles. The number of phenolic OH excluding ortho intramolecular Hbond substituents is 1. The molecule has 5 nitrogen and oxygen atoms in total. The summed E-state index contributed by atoms with van der Waals surface area (Å²) in [5.74, 6) is -1.23. The van der Waals surface area contributed by atoms with Crippen molar-refractivity contribution in [3.63, 3.8) is 0 Å². The fourth-order valence-corrected chi connectivity index (χ4v) is 1.94.